The summed E-state index contributed by atoms with van der Waals surface area (Å²) in [7, 11) is 1.33. The minimum absolute atomic E-state index is 0.0471. The highest BCUT2D eigenvalue weighted by Crippen LogP contribution is 2.07. The van der Waals surface area contributed by atoms with E-state index in [-0.39, 0.29) is 17.9 Å². The molecule has 2 atom stereocenters. The highest BCUT2D eigenvalue weighted by atomic mass is 16.5. The molecule has 0 unspecified atom stereocenters. The summed E-state index contributed by atoms with van der Waals surface area (Å²) in [5.74, 6) is -0.415. The smallest absolute Gasteiger partial charge is 0.328 e. The predicted molar refractivity (Wildman–Crippen MR) is 50.7 cm³/mol. The second kappa shape index (κ2) is 4.41. The maximum absolute atomic E-state index is 11.6. The van der Waals surface area contributed by atoms with Crippen LogP contribution in [0.1, 0.15) is 13.8 Å². The molecule has 1 fully saturated rings. The molecule has 1 N–H and O–H groups in total. The number of rotatable bonds is 2. The second-order valence-corrected chi connectivity index (χ2v) is 3.41. The molecule has 0 saturated carbocycles. The van der Waals surface area contributed by atoms with Crippen molar-refractivity contribution in [1.29, 1.82) is 0 Å². The number of hydrogen-bond donors (Lipinski definition) is 1. The van der Waals surface area contributed by atoms with Crippen molar-refractivity contribution in [2.45, 2.75) is 25.9 Å². The predicted octanol–water partition coefficient (Wildman–Crippen LogP) is -0.632. The lowest BCUT2D eigenvalue weighted by molar-refractivity contribution is -0.153. The minimum Gasteiger partial charge on any atom is -0.467 e. The summed E-state index contributed by atoms with van der Waals surface area (Å²) in [5.41, 5.74) is 0. The average molecular weight is 200 g/mol. The quantitative estimate of drug-likeness (QED) is 0.603. The van der Waals surface area contributed by atoms with E-state index in [1.54, 1.807) is 18.7 Å². The van der Waals surface area contributed by atoms with E-state index < -0.39 is 6.04 Å². The number of nitrogens with zero attached hydrogens (tertiary/aromatic N) is 1. The molecule has 0 bridgehead atoms. The highest BCUT2D eigenvalue weighted by molar-refractivity contribution is 5.87. The fourth-order valence-corrected chi connectivity index (χ4v) is 1.53. The molecule has 0 radical (unpaired) electrons. The van der Waals surface area contributed by atoms with Crippen LogP contribution in [0.4, 0.5) is 0 Å². The third-order valence-electron chi connectivity index (χ3n) is 2.47. The van der Waals surface area contributed by atoms with Gasteiger partial charge in [0.05, 0.1) is 13.2 Å². The van der Waals surface area contributed by atoms with Crippen LogP contribution in [-0.2, 0) is 14.3 Å². The zero-order valence-electron chi connectivity index (χ0n) is 8.74. The Morgan fingerprint density at radius 3 is 2.93 bits per heavy atom. The van der Waals surface area contributed by atoms with E-state index in [2.05, 4.69) is 10.1 Å². The zero-order valence-corrected chi connectivity index (χ0v) is 8.74. The Balaban J connectivity index is 2.66. The van der Waals surface area contributed by atoms with Crippen LogP contribution in [0, 0.1) is 0 Å². The van der Waals surface area contributed by atoms with Gasteiger partial charge in [-0.2, -0.15) is 0 Å². The standard InChI is InChI=1S/C9H16N2O3/c1-6-8(12)11(5-4-10-6)7(2)9(13)14-3/h6-7,10H,4-5H2,1-3H3/t6-,7-/m0/s1. The van der Waals surface area contributed by atoms with Gasteiger partial charge in [0.2, 0.25) is 5.91 Å². The molecule has 1 saturated heterocycles. The molecule has 0 spiro atoms. The lowest BCUT2D eigenvalue weighted by Gasteiger charge is -2.34. The summed E-state index contributed by atoms with van der Waals surface area (Å²) in [6.07, 6.45) is 0. The molecule has 80 valence electrons. The van der Waals surface area contributed by atoms with Crippen LogP contribution in [0.15, 0.2) is 0 Å². The summed E-state index contributed by atoms with van der Waals surface area (Å²) in [4.78, 5) is 24.4. The Morgan fingerprint density at radius 2 is 2.36 bits per heavy atom. The maximum atomic E-state index is 11.6. The van der Waals surface area contributed by atoms with Gasteiger partial charge in [-0.25, -0.2) is 4.79 Å². The first-order chi connectivity index (χ1) is 6.57. The molecule has 0 aromatic carbocycles. The molecule has 1 rings (SSSR count). The number of piperazine rings is 1. The van der Waals surface area contributed by atoms with Gasteiger partial charge in [0.1, 0.15) is 6.04 Å². The first-order valence-corrected chi connectivity index (χ1v) is 4.69. The summed E-state index contributed by atoms with van der Waals surface area (Å²) < 4.78 is 4.60. The van der Waals surface area contributed by atoms with Crippen LogP contribution in [0.3, 0.4) is 0 Å². The molecule has 5 nitrogen and oxygen atoms in total. The fraction of sp³-hybridized carbons (Fsp3) is 0.778. The molecule has 0 aliphatic carbocycles. The van der Waals surface area contributed by atoms with Crippen LogP contribution in [0.25, 0.3) is 0 Å². The van der Waals surface area contributed by atoms with E-state index in [4.69, 9.17) is 0 Å². The summed E-state index contributed by atoms with van der Waals surface area (Å²) >= 11 is 0. The van der Waals surface area contributed by atoms with Crippen molar-refractivity contribution >= 4 is 11.9 Å². The van der Waals surface area contributed by atoms with E-state index in [0.29, 0.717) is 13.1 Å². The van der Waals surface area contributed by atoms with E-state index >= 15 is 0 Å². The van der Waals surface area contributed by atoms with Crippen molar-refractivity contribution in [2.24, 2.45) is 0 Å². The molecule has 14 heavy (non-hydrogen) atoms. The van der Waals surface area contributed by atoms with Crippen LogP contribution in [0.2, 0.25) is 0 Å². The Kier molecular flexibility index (Phi) is 3.46. The fourth-order valence-electron chi connectivity index (χ4n) is 1.53. The van der Waals surface area contributed by atoms with E-state index in [1.807, 2.05) is 0 Å². The van der Waals surface area contributed by atoms with Crippen molar-refractivity contribution in [2.75, 3.05) is 20.2 Å². The number of amides is 1. The largest absolute Gasteiger partial charge is 0.467 e. The van der Waals surface area contributed by atoms with Crippen LogP contribution in [0.5, 0.6) is 0 Å². The van der Waals surface area contributed by atoms with Crippen molar-refractivity contribution in [3.63, 3.8) is 0 Å². The topological polar surface area (TPSA) is 58.6 Å². The number of hydrogen-bond acceptors (Lipinski definition) is 4. The van der Waals surface area contributed by atoms with Gasteiger partial charge in [-0.1, -0.05) is 0 Å². The van der Waals surface area contributed by atoms with Gasteiger partial charge in [-0.3, -0.25) is 4.79 Å². The third kappa shape index (κ3) is 2.04. The van der Waals surface area contributed by atoms with Gasteiger partial charge in [0, 0.05) is 13.1 Å². The van der Waals surface area contributed by atoms with Gasteiger partial charge in [-0.15, -0.1) is 0 Å². The first-order valence-electron chi connectivity index (χ1n) is 4.69. The van der Waals surface area contributed by atoms with Gasteiger partial charge in [0.15, 0.2) is 0 Å². The highest BCUT2D eigenvalue weighted by Gasteiger charge is 2.31. The van der Waals surface area contributed by atoms with E-state index in [9.17, 15) is 9.59 Å². The molecular formula is C9H16N2O3. The SMILES string of the molecule is COC(=O)[C@H](C)N1CCN[C@@H](C)C1=O. The first kappa shape index (κ1) is 11.0. The Morgan fingerprint density at radius 1 is 1.71 bits per heavy atom. The number of ether oxygens (including phenoxy) is 1. The van der Waals surface area contributed by atoms with Crippen LogP contribution in [-0.4, -0.2) is 49.1 Å². The van der Waals surface area contributed by atoms with Gasteiger partial charge < -0.3 is 15.0 Å². The molecule has 1 heterocycles. The monoisotopic (exact) mass is 200 g/mol. The van der Waals surface area contributed by atoms with Crippen molar-refractivity contribution in [3.8, 4) is 0 Å². The number of carbonyl (C=O) groups excluding carboxylic acids is 2. The van der Waals surface area contributed by atoms with Gasteiger partial charge >= 0.3 is 5.97 Å². The summed E-state index contributed by atoms with van der Waals surface area (Å²) in [6, 6.07) is -0.701. The molecule has 0 aromatic heterocycles. The van der Waals surface area contributed by atoms with Crippen LogP contribution >= 0.6 is 0 Å². The minimum atomic E-state index is -0.489. The van der Waals surface area contributed by atoms with Crippen LogP contribution < -0.4 is 5.32 Å². The Hall–Kier alpha value is -1.10. The molecule has 1 aliphatic heterocycles. The van der Waals surface area contributed by atoms with Gasteiger partial charge in [0.25, 0.3) is 0 Å². The molecular weight excluding hydrogens is 184 g/mol. The molecule has 1 aliphatic rings. The van der Waals surface area contributed by atoms with Crippen molar-refractivity contribution in [1.82, 2.24) is 10.2 Å². The molecule has 5 heteroatoms. The van der Waals surface area contributed by atoms with Gasteiger partial charge in [-0.05, 0) is 13.8 Å². The second-order valence-electron chi connectivity index (χ2n) is 3.41. The average Bonchev–Trinajstić information content (AvgIpc) is 2.20. The van der Waals surface area contributed by atoms with Crippen molar-refractivity contribution in [3.05, 3.63) is 0 Å². The summed E-state index contributed by atoms with van der Waals surface area (Å²) in [6.45, 7) is 4.74. The number of esters is 1. The number of methoxy groups -OCH3 is 1. The Bertz CT molecular complexity index is 242. The lowest BCUT2D eigenvalue weighted by Crippen LogP contribution is -2.58. The third-order valence-corrected chi connectivity index (χ3v) is 2.47. The molecule has 1 amide bonds. The maximum Gasteiger partial charge on any atom is 0.328 e. The number of carbonyl (C=O) groups is 2. The molecule has 0 aromatic rings. The zero-order chi connectivity index (χ0) is 10.7. The van der Waals surface area contributed by atoms with E-state index in [1.165, 1.54) is 7.11 Å². The lowest BCUT2D eigenvalue weighted by atomic mass is 10.1. The van der Waals surface area contributed by atoms with Crippen molar-refractivity contribution < 1.29 is 14.3 Å². The summed E-state index contributed by atoms with van der Waals surface area (Å²) in [5, 5.41) is 3.03. The van der Waals surface area contributed by atoms with E-state index in [0.717, 1.165) is 0 Å². The Labute approximate surface area is 83.4 Å². The normalized spacial score (nSPS) is 24.6. The number of nitrogens with one attached hydrogen (secondary N) is 1.